The quantitative estimate of drug-likeness (QED) is 0.824. The van der Waals surface area contributed by atoms with Crippen molar-refractivity contribution in [1.82, 2.24) is 10.2 Å². The maximum Gasteiger partial charge on any atom is 0.0177 e. The van der Waals surface area contributed by atoms with E-state index < -0.39 is 0 Å². The first-order chi connectivity index (χ1) is 10.2. The molecule has 1 N–H and O–H groups in total. The minimum Gasteiger partial charge on any atom is -0.313 e. The van der Waals surface area contributed by atoms with E-state index in [0.29, 0.717) is 0 Å². The second kappa shape index (κ2) is 6.50. The number of hydrogen-bond donors (Lipinski definition) is 1. The molecule has 1 aromatic carbocycles. The van der Waals surface area contributed by atoms with Gasteiger partial charge in [0.25, 0.3) is 0 Å². The van der Waals surface area contributed by atoms with Gasteiger partial charge in [-0.3, -0.25) is 0 Å². The fourth-order valence-electron chi connectivity index (χ4n) is 3.77. The van der Waals surface area contributed by atoms with Crippen molar-refractivity contribution in [2.75, 3.05) is 20.1 Å². The van der Waals surface area contributed by atoms with Crippen molar-refractivity contribution in [3.05, 3.63) is 35.9 Å². The number of rotatable bonds is 7. The van der Waals surface area contributed by atoms with Crippen molar-refractivity contribution in [2.45, 2.75) is 62.9 Å². The van der Waals surface area contributed by atoms with Crippen molar-refractivity contribution in [2.24, 2.45) is 0 Å². The van der Waals surface area contributed by atoms with E-state index in [-0.39, 0.29) is 5.41 Å². The summed E-state index contributed by atoms with van der Waals surface area (Å²) in [5.41, 5.74) is 1.68. The topological polar surface area (TPSA) is 15.3 Å². The van der Waals surface area contributed by atoms with E-state index in [1.807, 2.05) is 0 Å². The second-order valence-electron chi connectivity index (χ2n) is 7.44. The SMILES string of the molecule is CN(CC(C)(CNC1CC1)c1ccccc1)C1CCCC1. The predicted octanol–water partition coefficient (Wildman–Crippen LogP) is 3.57. The third-order valence-corrected chi connectivity index (χ3v) is 5.38. The van der Waals surface area contributed by atoms with Gasteiger partial charge in [0.1, 0.15) is 0 Å². The molecule has 1 unspecified atom stereocenters. The molecule has 0 bridgehead atoms. The molecule has 2 aliphatic carbocycles. The van der Waals surface area contributed by atoms with Crippen molar-refractivity contribution in [3.63, 3.8) is 0 Å². The zero-order valence-electron chi connectivity index (χ0n) is 13.6. The molecular formula is C19H30N2. The van der Waals surface area contributed by atoms with E-state index in [4.69, 9.17) is 0 Å². The maximum absolute atomic E-state index is 3.76. The highest BCUT2D eigenvalue weighted by Gasteiger charge is 2.33. The van der Waals surface area contributed by atoms with E-state index in [1.54, 1.807) is 0 Å². The molecule has 116 valence electrons. The normalized spacial score (nSPS) is 22.6. The summed E-state index contributed by atoms with van der Waals surface area (Å²) in [6.07, 6.45) is 8.33. The summed E-state index contributed by atoms with van der Waals surface area (Å²) in [5, 5.41) is 3.76. The number of benzene rings is 1. The fraction of sp³-hybridized carbons (Fsp3) is 0.684. The summed E-state index contributed by atoms with van der Waals surface area (Å²) in [7, 11) is 2.33. The molecular weight excluding hydrogens is 256 g/mol. The lowest BCUT2D eigenvalue weighted by Gasteiger charge is -2.37. The number of nitrogens with one attached hydrogen (secondary N) is 1. The van der Waals surface area contributed by atoms with Crippen molar-refractivity contribution in [3.8, 4) is 0 Å². The van der Waals surface area contributed by atoms with Gasteiger partial charge in [0, 0.05) is 30.6 Å². The Morgan fingerprint density at radius 3 is 2.38 bits per heavy atom. The number of nitrogens with zero attached hydrogens (tertiary/aromatic N) is 1. The van der Waals surface area contributed by atoms with Gasteiger partial charge in [0.2, 0.25) is 0 Å². The molecule has 0 spiro atoms. The highest BCUT2D eigenvalue weighted by Crippen LogP contribution is 2.30. The van der Waals surface area contributed by atoms with Crippen LogP contribution in [-0.4, -0.2) is 37.1 Å². The lowest BCUT2D eigenvalue weighted by molar-refractivity contribution is 0.191. The van der Waals surface area contributed by atoms with Gasteiger partial charge in [-0.25, -0.2) is 0 Å². The first-order valence-corrected chi connectivity index (χ1v) is 8.66. The largest absolute Gasteiger partial charge is 0.313 e. The Morgan fingerprint density at radius 2 is 1.76 bits per heavy atom. The Labute approximate surface area is 129 Å². The van der Waals surface area contributed by atoms with Crippen LogP contribution in [0.3, 0.4) is 0 Å². The molecule has 21 heavy (non-hydrogen) atoms. The average Bonchev–Trinajstić information content (AvgIpc) is 3.17. The van der Waals surface area contributed by atoms with Gasteiger partial charge in [0.05, 0.1) is 0 Å². The highest BCUT2D eigenvalue weighted by molar-refractivity contribution is 5.26. The molecule has 2 saturated carbocycles. The summed E-state index contributed by atoms with van der Waals surface area (Å²) in [5.74, 6) is 0. The molecule has 2 aliphatic rings. The van der Waals surface area contributed by atoms with Crippen LogP contribution >= 0.6 is 0 Å². The summed E-state index contributed by atoms with van der Waals surface area (Å²) in [4.78, 5) is 2.62. The lowest BCUT2D eigenvalue weighted by Crippen LogP contribution is -2.47. The van der Waals surface area contributed by atoms with Crippen LogP contribution in [0.1, 0.15) is 51.0 Å². The van der Waals surface area contributed by atoms with Gasteiger partial charge >= 0.3 is 0 Å². The third-order valence-electron chi connectivity index (χ3n) is 5.38. The van der Waals surface area contributed by atoms with Crippen LogP contribution in [0.5, 0.6) is 0 Å². The van der Waals surface area contributed by atoms with Crippen LogP contribution < -0.4 is 5.32 Å². The second-order valence-corrected chi connectivity index (χ2v) is 7.44. The standard InChI is InChI=1S/C19H30N2/c1-19(14-20-17-12-13-17,16-8-4-3-5-9-16)15-21(2)18-10-6-7-11-18/h3-5,8-9,17-18,20H,6-7,10-15H2,1-2H3. The Balaban J connectivity index is 1.70. The van der Waals surface area contributed by atoms with E-state index in [1.165, 1.54) is 44.1 Å². The maximum atomic E-state index is 3.76. The van der Waals surface area contributed by atoms with E-state index in [0.717, 1.165) is 25.2 Å². The Hall–Kier alpha value is -0.860. The van der Waals surface area contributed by atoms with Crippen LogP contribution in [0.25, 0.3) is 0 Å². The first-order valence-electron chi connectivity index (χ1n) is 8.66. The summed E-state index contributed by atoms with van der Waals surface area (Å²) >= 11 is 0. The minimum absolute atomic E-state index is 0.210. The lowest BCUT2D eigenvalue weighted by atomic mass is 9.81. The van der Waals surface area contributed by atoms with Gasteiger partial charge in [-0.05, 0) is 38.3 Å². The molecule has 2 nitrogen and oxygen atoms in total. The van der Waals surface area contributed by atoms with Crippen LogP contribution in [-0.2, 0) is 5.41 Å². The highest BCUT2D eigenvalue weighted by atomic mass is 15.1. The van der Waals surface area contributed by atoms with Gasteiger partial charge in [-0.2, -0.15) is 0 Å². The molecule has 0 radical (unpaired) electrons. The van der Waals surface area contributed by atoms with Gasteiger partial charge in [-0.15, -0.1) is 0 Å². The number of likely N-dealkylation sites (N-methyl/N-ethyl adjacent to an activating group) is 1. The predicted molar refractivity (Wildman–Crippen MR) is 89.7 cm³/mol. The molecule has 1 aromatic rings. The zero-order chi connectivity index (χ0) is 14.7. The summed E-state index contributed by atoms with van der Waals surface area (Å²) in [6.45, 7) is 4.68. The van der Waals surface area contributed by atoms with Crippen LogP contribution in [0, 0.1) is 0 Å². The van der Waals surface area contributed by atoms with Gasteiger partial charge in [0.15, 0.2) is 0 Å². The third kappa shape index (κ3) is 3.87. The van der Waals surface area contributed by atoms with Crippen molar-refractivity contribution in [1.29, 1.82) is 0 Å². The summed E-state index contributed by atoms with van der Waals surface area (Å²) < 4.78 is 0. The van der Waals surface area contributed by atoms with E-state index >= 15 is 0 Å². The van der Waals surface area contributed by atoms with Crippen LogP contribution in [0.15, 0.2) is 30.3 Å². The van der Waals surface area contributed by atoms with Gasteiger partial charge < -0.3 is 10.2 Å². The van der Waals surface area contributed by atoms with E-state index in [9.17, 15) is 0 Å². The minimum atomic E-state index is 0.210. The van der Waals surface area contributed by atoms with E-state index in [2.05, 4.69) is 54.5 Å². The monoisotopic (exact) mass is 286 g/mol. The molecule has 1 atom stereocenters. The summed E-state index contributed by atoms with van der Waals surface area (Å²) in [6, 6.07) is 12.7. The van der Waals surface area contributed by atoms with Crippen LogP contribution in [0.2, 0.25) is 0 Å². The molecule has 0 heterocycles. The Kier molecular flexibility index (Phi) is 4.66. The fourth-order valence-corrected chi connectivity index (χ4v) is 3.77. The van der Waals surface area contributed by atoms with Crippen molar-refractivity contribution >= 4 is 0 Å². The molecule has 2 heteroatoms. The average molecular weight is 286 g/mol. The molecule has 0 aromatic heterocycles. The smallest absolute Gasteiger partial charge is 0.0177 e. The Morgan fingerprint density at radius 1 is 1.10 bits per heavy atom. The molecule has 2 fully saturated rings. The van der Waals surface area contributed by atoms with Crippen molar-refractivity contribution < 1.29 is 0 Å². The molecule has 0 saturated heterocycles. The number of hydrogen-bond acceptors (Lipinski definition) is 2. The van der Waals surface area contributed by atoms with Gasteiger partial charge in [-0.1, -0.05) is 50.1 Å². The molecule has 0 amide bonds. The molecule has 3 rings (SSSR count). The van der Waals surface area contributed by atoms with Crippen LogP contribution in [0.4, 0.5) is 0 Å². The zero-order valence-corrected chi connectivity index (χ0v) is 13.6. The Bertz CT molecular complexity index is 434. The first kappa shape index (κ1) is 15.1. The molecule has 0 aliphatic heterocycles.